The third-order valence-electron chi connectivity index (χ3n) is 2.78. The van der Waals surface area contributed by atoms with E-state index in [1.807, 2.05) is 42.5 Å². The summed E-state index contributed by atoms with van der Waals surface area (Å²) in [5, 5.41) is 3.23. The molecule has 2 aromatic carbocycles. The first-order valence-corrected chi connectivity index (χ1v) is 6.60. The van der Waals surface area contributed by atoms with Gasteiger partial charge in [-0.05, 0) is 30.3 Å². The van der Waals surface area contributed by atoms with E-state index in [4.69, 9.17) is 4.74 Å². The zero-order chi connectivity index (χ0) is 13.2. The van der Waals surface area contributed by atoms with Crippen LogP contribution in [0.1, 0.15) is 0 Å². The first kappa shape index (κ1) is 12.0. The van der Waals surface area contributed by atoms with E-state index in [0.717, 1.165) is 26.9 Å². The van der Waals surface area contributed by atoms with Crippen molar-refractivity contribution in [1.82, 2.24) is 9.97 Å². The predicted molar refractivity (Wildman–Crippen MR) is 80.1 cm³/mol. The molecule has 19 heavy (non-hydrogen) atoms. The number of hydrogen-bond donors (Lipinski definition) is 2. The number of nitrogens with zero attached hydrogens (tertiary/aromatic N) is 1. The van der Waals surface area contributed by atoms with Gasteiger partial charge in [-0.1, -0.05) is 22.0 Å². The van der Waals surface area contributed by atoms with Gasteiger partial charge in [-0.2, -0.15) is 0 Å². The molecule has 3 aromatic rings. The van der Waals surface area contributed by atoms with Crippen molar-refractivity contribution in [3.8, 4) is 5.75 Å². The number of H-pyrrole nitrogens is 1. The molecule has 4 nitrogen and oxygen atoms in total. The molecule has 0 saturated carbocycles. The Morgan fingerprint density at radius 2 is 2.11 bits per heavy atom. The molecule has 0 aliphatic carbocycles. The molecule has 0 amide bonds. The molecule has 0 fully saturated rings. The van der Waals surface area contributed by atoms with Crippen LogP contribution in [-0.4, -0.2) is 17.1 Å². The van der Waals surface area contributed by atoms with Crippen molar-refractivity contribution in [2.45, 2.75) is 0 Å². The van der Waals surface area contributed by atoms with Crippen molar-refractivity contribution >= 4 is 38.6 Å². The third kappa shape index (κ3) is 2.56. The Labute approximate surface area is 118 Å². The fourth-order valence-electron chi connectivity index (χ4n) is 1.88. The second-order valence-corrected chi connectivity index (χ2v) is 5.02. The lowest BCUT2D eigenvalue weighted by Gasteiger charge is -2.02. The van der Waals surface area contributed by atoms with Crippen molar-refractivity contribution in [2.24, 2.45) is 0 Å². The molecule has 0 unspecified atom stereocenters. The molecule has 0 bridgehead atoms. The Morgan fingerprint density at radius 3 is 2.89 bits per heavy atom. The number of nitrogens with one attached hydrogen (secondary N) is 2. The summed E-state index contributed by atoms with van der Waals surface area (Å²) in [4.78, 5) is 7.70. The molecule has 1 aromatic heterocycles. The number of imidazole rings is 1. The van der Waals surface area contributed by atoms with Gasteiger partial charge in [-0.25, -0.2) is 4.98 Å². The van der Waals surface area contributed by atoms with Crippen LogP contribution in [0.4, 0.5) is 11.6 Å². The van der Waals surface area contributed by atoms with Gasteiger partial charge in [0, 0.05) is 16.2 Å². The first-order chi connectivity index (χ1) is 9.24. The van der Waals surface area contributed by atoms with Crippen molar-refractivity contribution in [2.75, 3.05) is 12.4 Å². The van der Waals surface area contributed by atoms with Gasteiger partial charge in [0.05, 0.1) is 18.1 Å². The summed E-state index contributed by atoms with van der Waals surface area (Å²) in [6.07, 6.45) is 0. The second kappa shape index (κ2) is 4.93. The van der Waals surface area contributed by atoms with E-state index < -0.39 is 0 Å². The number of aromatic nitrogens is 2. The Kier molecular flexibility index (Phi) is 3.13. The molecule has 0 saturated heterocycles. The van der Waals surface area contributed by atoms with E-state index >= 15 is 0 Å². The average molecular weight is 318 g/mol. The third-order valence-corrected chi connectivity index (χ3v) is 3.27. The van der Waals surface area contributed by atoms with E-state index in [1.54, 1.807) is 7.11 Å². The van der Waals surface area contributed by atoms with Crippen LogP contribution in [0.25, 0.3) is 11.0 Å². The highest BCUT2D eigenvalue weighted by atomic mass is 79.9. The van der Waals surface area contributed by atoms with Gasteiger partial charge >= 0.3 is 0 Å². The number of benzene rings is 2. The zero-order valence-electron chi connectivity index (χ0n) is 10.3. The van der Waals surface area contributed by atoms with Crippen LogP contribution in [0.15, 0.2) is 46.9 Å². The number of rotatable bonds is 3. The van der Waals surface area contributed by atoms with E-state index in [9.17, 15) is 0 Å². The van der Waals surface area contributed by atoms with Crippen LogP contribution in [0.2, 0.25) is 0 Å². The van der Waals surface area contributed by atoms with Crippen LogP contribution in [0, 0.1) is 0 Å². The molecule has 2 N–H and O–H groups in total. The number of fused-ring (bicyclic) bond motifs is 1. The summed E-state index contributed by atoms with van der Waals surface area (Å²) in [5.74, 6) is 1.52. The Morgan fingerprint density at radius 1 is 1.21 bits per heavy atom. The maximum atomic E-state index is 5.19. The fourth-order valence-corrected chi connectivity index (χ4v) is 2.28. The van der Waals surface area contributed by atoms with Crippen molar-refractivity contribution < 1.29 is 4.74 Å². The minimum atomic E-state index is 0.710. The van der Waals surface area contributed by atoms with E-state index in [-0.39, 0.29) is 0 Å². The normalized spacial score (nSPS) is 10.6. The number of aromatic amines is 1. The minimum absolute atomic E-state index is 0.710. The molecule has 5 heteroatoms. The monoisotopic (exact) mass is 317 g/mol. The topological polar surface area (TPSA) is 49.9 Å². The number of anilines is 2. The van der Waals surface area contributed by atoms with Gasteiger partial charge in [0.1, 0.15) is 5.75 Å². The van der Waals surface area contributed by atoms with Crippen LogP contribution < -0.4 is 10.1 Å². The van der Waals surface area contributed by atoms with Crippen LogP contribution in [-0.2, 0) is 0 Å². The van der Waals surface area contributed by atoms with Gasteiger partial charge < -0.3 is 15.0 Å². The summed E-state index contributed by atoms with van der Waals surface area (Å²) < 4.78 is 6.21. The fraction of sp³-hybridized carbons (Fsp3) is 0.0714. The minimum Gasteiger partial charge on any atom is -0.497 e. The van der Waals surface area contributed by atoms with E-state index in [0.29, 0.717) is 5.95 Å². The van der Waals surface area contributed by atoms with Crippen molar-refractivity contribution in [3.63, 3.8) is 0 Å². The molecule has 3 rings (SSSR count). The number of hydrogen-bond acceptors (Lipinski definition) is 3. The molecular weight excluding hydrogens is 306 g/mol. The molecule has 0 aliphatic rings. The van der Waals surface area contributed by atoms with Gasteiger partial charge in [-0.15, -0.1) is 0 Å². The summed E-state index contributed by atoms with van der Waals surface area (Å²) in [6.45, 7) is 0. The Hall–Kier alpha value is -2.01. The highest BCUT2D eigenvalue weighted by Gasteiger charge is 2.04. The smallest absolute Gasteiger partial charge is 0.205 e. The predicted octanol–water partition coefficient (Wildman–Crippen LogP) is 4.08. The number of halogens is 1. The van der Waals surface area contributed by atoms with Crippen LogP contribution >= 0.6 is 15.9 Å². The van der Waals surface area contributed by atoms with Gasteiger partial charge in [0.25, 0.3) is 0 Å². The molecule has 1 heterocycles. The quantitative estimate of drug-likeness (QED) is 0.765. The zero-order valence-corrected chi connectivity index (χ0v) is 11.9. The SMILES string of the molecule is COc1ccc2nc(Nc3cccc(Br)c3)[nH]c2c1. The van der Waals surface area contributed by atoms with E-state index in [2.05, 4.69) is 31.2 Å². The highest BCUT2D eigenvalue weighted by molar-refractivity contribution is 9.10. The molecule has 0 spiro atoms. The first-order valence-electron chi connectivity index (χ1n) is 5.81. The summed E-state index contributed by atoms with van der Waals surface area (Å²) in [7, 11) is 1.65. The van der Waals surface area contributed by atoms with Gasteiger partial charge in [0.2, 0.25) is 5.95 Å². The Balaban J connectivity index is 1.93. The van der Waals surface area contributed by atoms with Crippen LogP contribution in [0.5, 0.6) is 5.75 Å². The number of ether oxygens (including phenoxy) is 1. The standard InChI is InChI=1S/C14H12BrN3O/c1-19-11-5-6-12-13(8-11)18-14(17-12)16-10-4-2-3-9(15)7-10/h2-8H,1H3,(H2,16,17,18). The number of methoxy groups -OCH3 is 1. The lowest BCUT2D eigenvalue weighted by Crippen LogP contribution is -1.91. The Bertz CT molecular complexity index is 724. The average Bonchev–Trinajstić information content (AvgIpc) is 2.79. The molecule has 0 atom stereocenters. The van der Waals surface area contributed by atoms with E-state index in [1.165, 1.54) is 0 Å². The van der Waals surface area contributed by atoms with Crippen molar-refractivity contribution in [1.29, 1.82) is 0 Å². The lowest BCUT2D eigenvalue weighted by molar-refractivity contribution is 0.415. The van der Waals surface area contributed by atoms with Crippen molar-refractivity contribution in [3.05, 3.63) is 46.9 Å². The van der Waals surface area contributed by atoms with Gasteiger partial charge in [-0.3, -0.25) is 0 Å². The summed E-state index contributed by atoms with van der Waals surface area (Å²) in [6, 6.07) is 13.7. The molecule has 0 aliphatic heterocycles. The van der Waals surface area contributed by atoms with Crippen LogP contribution in [0.3, 0.4) is 0 Å². The van der Waals surface area contributed by atoms with Gasteiger partial charge in [0.15, 0.2) is 0 Å². The maximum absolute atomic E-state index is 5.19. The largest absolute Gasteiger partial charge is 0.497 e. The summed E-state index contributed by atoms with van der Waals surface area (Å²) >= 11 is 3.44. The summed E-state index contributed by atoms with van der Waals surface area (Å²) in [5.41, 5.74) is 2.82. The molecule has 96 valence electrons. The highest BCUT2D eigenvalue weighted by Crippen LogP contribution is 2.23. The maximum Gasteiger partial charge on any atom is 0.205 e. The molecule has 0 radical (unpaired) electrons. The second-order valence-electron chi connectivity index (χ2n) is 4.10. The lowest BCUT2D eigenvalue weighted by atomic mass is 10.3. The molecular formula is C14H12BrN3O.